The SMILES string of the molecule is CCC1(C2c3ccc(C(C)(C)C)cc3-c3cc(C(C)(C)C)ccc32)CC(C2CCCCC2)C2=C1C=C(C(C)(C)C)C2. The minimum absolute atomic E-state index is 0.141. The zero-order valence-electron chi connectivity index (χ0n) is 27.9. The summed E-state index contributed by atoms with van der Waals surface area (Å²) in [4.78, 5) is 0. The van der Waals surface area contributed by atoms with Gasteiger partial charge in [-0.05, 0) is 99.1 Å². The van der Waals surface area contributed by atoms with Crippen LogP contribution in [-0.4, -0.2) is 0 Å². The van der Waals surface area contributed by atoms with Crippen molar-refractivity contribution in [3.63, 3.8) is 0 Å². The average Bonchev–Trinajstić information content (AvgIpc) is 3.57. The van der Waals surface area contributed by atoms with Crippen molar-refractivity contribution in [3.8, 4) is 11.1 Å². The van der Waals surface area contributed by atoms with E-state index in [0.29, 0.717) is 5.92 Å². The number of benzene rings is 2. The first-order chi connectivity index (χ1) is 19.1. The van der Waals surface area contributed by atoms with Gasteiger partial charge in [-0.25, -0.2) is 0 Å². The van der Waals surface area contributed by atoms with E-state index in [1.807, 2.05) is 5.57 Å². The molecule has 0 nitrogen and oxygen atoms in total. The molecule has 0 spiro atoms. The van der Waals surface area contributed by atoms with Gasteiger partial charge >= 0.3 is 0 Å². The van der Waals surface area contributed by atoms with Crippen LogP contribution in [0.5, 0.6) is 0 Å². The van der Waals surface area contributed by atoms with Crippen LogP contribution in [0.4, 0.5) is 0 Å². The number of rotatable bonds is 3. The summed E-state index contributed by atoms with van der Waals surface area (Å²) in [6, 6.07) is 15.1. The van der Waals surface area contributed by atoms with E-state index in [2.05, 4.69) is 112 Å². The molecule has 2 aromatic rings. The molecule has 41 heavy (non-hydrogen) atoms. The third kappa shape index (κ3) is 4.71. The second-order valence-electron chi connectivity index (χ2n) is 17.3. The Kier molecular flexibility index (Phi) is 6.88. The van der Waals surface area contributed by atoms with Gasteiger partial charge in [0.2, 0.25) is 0 Å². The summed E-state index contributed by atoms with van der Waals surface area (Å²) in [6.07, 6.45) is 13.7. The predicted molar refractivity (Wildman–Crippen MR) is 178 cm³/mol. The molecule has 0 aromatic heterocycles. The summed E-state index contributed by atoms with van der Waals surface area (Å²) in [6.45, 7) is 24.0. The number of hydrogen-bond acceptors (Lipinski definition) is 0. The van der Waals surface area contributed by atoms with E-state index in [1.165, 1.54) is 73.6 Å². The molecule has 2 atom stereocenters. The third-order valence-electron chi connectivity index (χ3n) is 11.7. The van der Waals surface area contributed by atoms with E-state index in [1.54, 1.807) is 22.3 Å². The normalized spacial score (nSPS) is 25.4. The molecule has 0 N–H and O–H groups in total. The van der Waals surface area contributed by atoms with Crippen LogP contribution in [0.2, 0.25) is 0 Å². The van der Waals surface area contributed by atoms with Gasteiger partial charge in [-0.1, -0.05) is 142 Å². The average molecular weight is 549 g/mol. The fraction of sp³-hybridized carbons (Fsp3) is 0.610. The van der Waals surface area contributed by atoms with Crippen molar-refractivity contribution >= 4 is 0 Å². The summed E-state index contributed by atoms with van der Waals surface area (Å²) in [5.74, 6) is 2.08. The molecule has 4 aliphatic carbocycles. The van der Waals surface area contributed by atoms with Gasteiger partial charge in [0.05, 0.1) is 0 Å². The van der Waals surface area contributed by atoms with Crippen molar-refractivity contribution in [2.75, 3.05) is 0 Å². The molecule has 1 fully saturated rings. The Labute approximate surface area is 252 Å². The van der Waals surface area contributed by atoms with Crippen LogP contribution in [-0.2, 0) is 10.8 Å². The molecule has 0 heterocycles. The number of hydrogen-bond donors (Lipinski definition) is 0. The predicted octanol–water partition coefficient (Wildman–Crippen LogP) is 12.1. The minimum atomic E-state index is 0.141. The molecule has 0 radical (unpaired) electrons. The zero-order valence-corrected chi connectivity index (χ0v) is 27.9. The van der Waals surface area contributed by atoms with Crippen LogP contribution < -0.4 is 0 Å². The Morgan fingerprint density at radius 1 is 0.707 bits per heavy atom. The highest BCUT2D eigenvalue weighted by atomic mass is 14.6. The van der Waals surface area contributed by atoms with Gasteiger partial charge < -0.3 is 0 Å². The van der Waals surface area contributed by atoms with Crippen molar-refractivity contribution in [3.05, 3.63) is 81.4 Å². The highest BCUT2D eigenvalue weighted by Crippen LogP contribution is 2.67. The molecule has 6 rings (SSSR count). The van der Waals surface area contributed by atoms with E-state index in [0.717, 1.165) is 11.8 Å². The fourth-order valence-corrected chi connectivity index (χ4v) is 9.10. The van der Waals surface area contributed by atoms with Crippen LogP contribution in [0.25, 0.3) is 11.1 Å². The summed E-state index contributed by atoms with van der Waals surface area (Å²) >= 11 is 0. The second kappa shape index (κ2) is 9.72. The van der Waals surface area contributed by atoms with Crippen LogP contribution >= 0.6 is 0 Å². The second-order valence-corrected chi connectivity index (χ2v) is 17.3. The maximum Gasteiger partial charge on any atom is 0.0199 e. The smallest absolute Gasteiger partial charge is 0.0199 e. The molecule has 0 heteroatoms. The Morgan fingerprint density at radius 2 is 1.24 bits per heavy atom. The zero-order chi connectivity index (χ0) is 29.5. The maximum absolute atomic E-state index is 2.73. The Balaban J connectivity index is 1.57. The van der Waals surface area contributed by atoms with Crippen LogP contribution in [0.1, 0.15) is 149 Å². The summed E-state index contributed by atoms with van der Waals surface area (Å²) in [5.41, 5.74) is 15.1. The van der Waals surface area contributed by atoms with E-state index in [9.17, 15) is 0 Å². The Bertz CT molecular complexity index is 1340. The quantitative estimate of drug-likeness (QED) is 0.358. The van der Waals surface area contributed by atoms with Crippen molar-refractivity contribution in [1.29, 1.82) is 0 Å². The van der Waals surface area contributed by atoms with E-state index in [4.69, 9.17) is 0 Å². The standard InChI is InChI=1S/C41H56/c1-11-41(25-35(26-15-13-12-14-16-26)34-23-29(24-36(34)41)40(8,9)10)37-30-19-17-27(38(2,3)4)21-32(30)33-22-28(39(5,6)7)18-20-31(33)37/h17-22,24,26,35,37H,11-16,23,25H2,1-10H3. The first-order valence-electron chi connectivity index (χ1n) is 16.9. The molecule has 2 unspecified atom stereocenters. The molecule has 220 valence electrons. The molecule has 4 aliphatic rings. The van der Waals surface area contributed by atoms with Crippen molar-refractivity contribution in [2.24, 2.45) is 22.7 Å². The van der Waals surface area contributed by atoms with Gasteiger partial charge in [0.1, 0.15) is 0 Å². The molecular formula is C41H56. The highest BCUT2D eigenvalue weighted by molar-refractivity contribution is 5.81. The van der Waals surface area contributed by atoms with Crippen LogP contribution in [0.3, 0.4) is 0 Å². The molecule has 0 amide bonds. The van der Waals surface area contributed by atoms with Gasteiger partial charge in [-0.15, -0.1) is 0 Å². The lowest BCUT2D eigenvalue weighted by Crippen LogP contribution is -2.30. The molecule has 2 aromatic carbocycles. The van der Waals surface area contributed by atoms with Crippen molar-refractivity contribution in [1.82, 2.24) is 0 Å². The van der Waals surface area contributed by atoms with E-state index in [-0.39, 0.29) is 21.7 Å². The van der Waals surface area contributed by atoms with Gasteiger partial charge in [-0.3, -0.25) is 0 Å². The first-order valence-corrected chi connectivity index (χ1v) is 16.9. The summed E-state index contributed by atoms with van der Waals surface area (Å²) in [5, 5.41) is 0. The van der Waals surface area contributed by atoms with Crippen LogP contribution in [0.15, 0.2) is 59.2 Å². The number of allylic oxidation sites excluding steroid dienone is 4. The highest BCUT2D eigenvalue weighted by Gasteiger charge is 2.55. The van der Waals surface area contributed by atoms with Gasteiger partial charge in [-0.2, -0.15) is 0 Å². The minimum Gasteiger partial charge on any atom is -0.0645 e. The largest absolute Gasteiger partial charge is 0.0645 e. The molecular weight excluding hydrogens is 492 g/mol. The topological polar surface area (TPSA) is 0 Å². The lowest BCUT2D eigenvalue weighted by molar-refractivity contribution is 0.205. The van der Waals surface area contributed by atoms with Gasteiger partial charge in [0, 0.05) is 11.3 Å². The third-order valence-corrected chi connectivity index (χ3v) is 11.7. The fourth-order valence-electron chi connectivity index (χ4n) is 9.10. The Hall–Kier alpha value is -2.08. The van der Waals surface area contributed by atoms with Crippen LogP contribution in [0, 0.1) is 22.7 Å². The lowest BCUT2D eigenvalue weighted by atomic mass is 9.62. The van der Waals surface area contributed by atoms with E-state index >= 15 is 0 Å². The molecule has 0 saturated heterocycles. The Morgan fingerprint density at radius 3 is 1.71 bits per heavy atom. The van der Waals surface area contributed by atoms with Crippen molar-refractivity contribution < 1.29 is 0 Å². The van der Waals surface area contributed by atoms with Gasteiger partial charge in [0.15, 0.2) is 0 Å². The number of fused-ring (bicyclic) bond motifs is 3. The summed E-state index contributed by atoms with van der Waals surface area (Å²) in [7, 11) is 0. The molecule has 0 bridgehead atoms. The summed E-state index contributed by atoms with van der Waals surface area (Å²) < 4.78 is 0. The monoisotopic (exact) mass is 548 g/mol. The van der Waals surface area contributed by atoms with E-state index < -0.39 is 0 Å². The van der Waals surface area contributed by atoms with Crippen molar-refractivity contribution in [2.45, 2.75) is 137 Å². The lowest BCUT2D eigenvalue weighted by Gasteiger charge is -2.40. The first kappa shape index (κ1) is 29.0. The molecule has 1 saturated carbocycles. The van der Waals surface area contributed by atoms with Gasteiger partial charge in [0.25, 0.3) is 0 Å². The molecule has 0 aliphatic heterocycles. The maximum atomic E-state index is 2.73.